The number of ether oxygens (including phenoxy) is 3. The Kier molecular flexibility index (Phi) is 3.59. The van der Waals surface area contributed by atoms with Crippen LogP contribution in [0.1, 0.15) is 27.7 Å². The third kappa shape index (κ3) is 3.07. The Hall–Kier alpha value is -0.420. The molecule has 0 aliphatic carbocycles. The molecule has 0 aromatic heterocycles. The zero-order valence-corrected chi connectivity index (χ0v) is 10.9. The Labute approximate surface area is 103 Å². The first-order valence-electron chi connectivity index (χ1n) is 6.23. The number of aliphatic hydroxyl groups excluding tert-OH is 1. The van der Waals surface area contributed by atoms with Crippen molar-refractivity contribution in [2.45, 2.75) is 57.9 Å². The van der Waals surface area contributed by atoms with Crippen LogP contribution in [0.5, 0.6) is 0 Å². The second kappa shape index (κ2) is 4.69. The molecular formula is C13H22O4. The van der Waals surface area contributed by atoms with E-state index in [0.29, 0.717) is 5.92 Å². The third-order valence-corrected chi connectivity index (χ3v) is 2.97. The van der Waals surface area contributed by atoms with E-state index in [1.165, 1.54) is 0 Å². The van der Waals surface area contributed by atoms with Crippen LogP contribution in [-0.2, 0) is 14.2 Å². The minimum Gasteiger partial charge on any atom is -0.394 e. The van der Waals surface area contributed by atoms with Crippen molar-refractivity contribution < 1.29 is 19.3 Å². The molecule has 4 unspecified atom stereocenters. The topological polar surface area (TPSA) is 51.2 Å². The van der Waals surface area contributed by atoms with Crippen LogP contribution in [0.25, 0.3) is 0 Å². The summed E-state index contributed by atoms with van der Waals surface area (Å²) < 4.78 is 17.1. The average Bonchev–Trinajstić information content (AvgIpc) is 2.94. The number of allylic oxidation sites excluding steroid dienone is 1. The Morgan fingerprint density at radius 1 is 1.24 bits per heavy atom. The Balaban J connectivity index is 2.02. The summed E-state index contributed by atoms with van der Waals surface area (Å²) in [4.78, 5) is 0. The van der Waals surface area contributed by atoms with E-state index < -0.39 is 5.79 Å². The van der Waals surface area contributed by atoms with Gasteiger partial charge in [-0.15, -0.1) is 0 Å². The smallest absolute Gasteiger partial charge is 0.164 e. The molecule has 4 atom stereocenters. The van der Waals surface area contributed by atoms with Crippen LogP contribution >= 0.6 is 0 Å². The predicted octanol–water partition coefficient (Wildman–Crippen LogP) is 1.48. The van der Waals surface area contributed by atoms with Crippen LogP contribution in [0.2, 0.25) is 0 Å². The van der Waals surface area contributed by atoms with Crippen molar-refractivity contribution in [1.82, 2.24) is 0 Å². The summed E-state index contributed by atoms with van der Waals surface area (Å²) in [6.45, 7) is 8.10. The monoisotopic (exact) mass is 242 g/mol. The van der Waals surface area contributed by atoms with Gasteiger partial charge in [-0.1, -0.05) is 26.0 Å². The molecule has 2 heterocycles. The van der Waals surface area contributed by atoms with Gasteiger partial charge in [0.05, 0.1) is 6.61 Å². The molecule has 2 aliphatic rings. The summed E-state index contributed by atoms with van der Waals surface area (Å²) in [5, 5.41) is 9.03. The largest absolute Gasteiger partial charge is 0.394 e. The van der Waals surface area contributed by atoms with Gasteiger partial charge in [-0.25, -0.2) is 0 Å². The van der Waals surface area contributed by atoms with E-state index in [1.54, 1.807) is 0 Å². The maximum Gasteiger partial charge on any atom is 0.164 e. The van der Waals surface area contributed by atoms with Crippen molar-refractivity contribution in [3.05, 3.63) is 12.2 Å². The third-order valence-electron chi connectivity index (χ3n) is 2.97. The number of hydrogen-bond acceptors (Lipinski definition) is 4. The Morgan fingerprint density at radius 2 is 1.94 bits per heavy atom. The zero-order chi connectivity index (χ0) is 12.6. The molecule has 0 spiro atoms. The molecule has 0 amide bonds. The quantitative estimate of drug-likeness (QED) is 0.599. The highest BCUT2D eigenvalue weighted by atomic mass is 16.8. The minimum absolute atomic E-state index is 0.0383. The van der Waals surface area contributed by atoms with E-state index in [0.717, 1.165) is 0 Å². The molecule has 2 saturated heterocycles. The Morgan fingerprint density at radius 3 is 2.47 bits per heavy atom. The van der Waals surface area contributed by atoms with Crippen LogP contribution in [0.15, 0.2) is 12.2 Å². The summed E-state index contributed by atoms with van der Waals surface area (Å²) in [5.74, 6) is -0.0977. The lowest BCUT2D eigenvalue weighted by molar-refractivity contribution is -0.144. The fourth-order valence-corrected chi connectivity index (χ4v) is 2.14. The first kappa shape index (κ1) is 13.0. The van der Waals surface area contributed by atoms with Crippen molar-refractivity contribution in [2.75, 3.05) is 6.61 Å². The number of hydrogen-bond donors (Lipinski definition) is 1. The SMILES string of the molecule is CC(C)/C=C/C1OC(C)(C)OC1C1OC1CO. The molecule has 2 aliphatic heterocycles. The first-order chi connectivity index (χ1) is 7.93. The molecule has 0 aromatic carbocycles. The minimum atomic E-state index is -0.581. The lowest BCUT2D eigenvalue weighted by atomic mass is 10.1. The molecule has 2 fully saturated rings. The van der Waals surface area contributed by atoms with E-state index in [4.69, 9.17) is 19.3 Å². The number of aliphatic hydroxyl groups is 1. The van der Waals surface area contributed by atoms with E-state index in [2.05, 4.69) is 19.9 Å². The van der Waals surface area contributed by atoms with Gasteiger partial charge >= 0.3 is 0 Å². The lowest BCUT2D eigenvalue weighted by Gasteiger charge is -2.16. The molecule has 0 bridgehead atoms. The number of epoxide rings is 1. The van der Waals surface area contributed by atoms with Crippen LogP contribution in [0.4, 0.5) is 0 Å². The van der Waals surface area contributed by atoms with Gasteiger partial charge in [0.25, 0.3) is 0 Å². The molecule has 0 saturated carbocycles. The van der Waals surface area contributed by atoms with E-state index in [-0.39, 0.29) is 31.0 Å². The maximum absolute atomic E-state index is 9.03. The predicted molar refractivity (Wildman–Crippen MR) is 63.5 cm³/mol. The van der Waals surface area contributed by atoms with Crippen molar-refractivity contribution in [1.29, 1.82) is 0 Å². The van der Waals surface area contributed by atoms with Gasteiger partial charge in [-0.05, 0) is 19.8 Å². The molecule has 0 radical (unpaired) electrons. The van der Waals surface area contributed by atoms with Crippen molar-refractivity contribution >= 4 is 0 Å². The second-order valence-electron chi connectivity index (χ2n) is 5.52. The lowest BCUT2D eigenvalue weighted by Crippen LogP contribution is -2.29. The molecule has 0 aromatic rings. The maximum atomic E-state index is 9.03. The van der Waals surface area contributed by atoms with Crippen LogP contribution in [-0.4, -0.2) is 41.9 Å². The van der Waals surface area contributed by atoms with Crippen LogP contribution in [0, 0.1) is 5.92 Å². The molecule has 4 nitrogen and oxygen atoms in total. The van der Waals surface area contributed by atoms with Crippen molar-refractivity contribution in [3.63, 3.8) is 0 Å². The van der Waals surface area contributed by atoms with Crippen molar-refractivity contribution in [2.24, 2.45) is 5.92 Å². The summed E-state index contributed by atoms with van der Waals surface area (Å²) >= 11 is 0. The average molecular weight is 242 g/mol. The highest BCUT2D eigenvalue weighted by Crippen LogP contribution is 2.38. The van der Waals surface area contributed by atoms with Gasteiger partial charge in [-0.3, -0.25) is 0 Å². The molecule has 17 heavy (non-hydrogen) atoms. The molecule has 98 valence electrons. The van der Waals surface area contributed by atoms with E-state index in [9.17, 15) is 0 Å². The molecule has 1 N–H and O–H groups in total. The second-order valence-corrected chi connectivity index (χ2v) is 5.52. The highest BCUT2D eigenvalue weighted by molar-refractivity contribution is 5.06. The van der Waals surface area contributed by atoms with Gasteiger partial charge in [0.1, 0.15) is 24.4 Å². The first-order valence-corrected chi connectivity index (χ1v) is 6.23. The summed E-state index contributed by atoms with van der Waals surface area (Å²) in [5.41, 5.74) is 0. The van der Waals surface area contributed by atoms with Gasteiger partial charge in [-0.2, -0.15) is 0 Å². The fourth-order valence-electron chi connectivity index (χ4n) is 2.14. The van der Waals surface area contributed by atoms with E-state index >= 15 is 0 Å². The van der Waals surface area contributed by atoms with E-state index in [1.807, 2.05) is 19.9 Å². The molecular weight excluding hydrogens is 220 g/mol. The summed E-state index contributed by atoms with van der Waals surface area (Å²) in [6.07, 6.45) is 3.82. The van der Waals surface area contributed by atoms with Gasteiger partial charge in [0.2, 0.25) is 0 Å². The highest BCUT2D eigenvalue weighted by Gasteiger charge is 2.54. The fraction of sp³-hybridized carbons (Fsp3) is 0.846. The van der Waals surface area contributed by atoms with Crippen molar-refractivity contribution in [3.8, 4) is 0 Å². The summed E-state index contributed by atoms with van der Waals surface area (Å²) in [7, 11) is 0. The normalized spacial score (nSPS) is 40.4. The molecule has 4 heteroatoms. The zero-order valence-electron chi connectivity index (χ0n) is 10.9. The van der Waals surface area contributed by atoms with Gasteiger partial charge in [0.15, 0.2) is 5.79 Å². The van der Waals surface area contributed by atoms with Gasteiger partial charge < -0.3 is 19.3 Å². The standard InChI is InChI=1S/C13H22O4/c1-8(2)5-6-9-12(11-10(7-14)15-11)17-13(3,4)16-9/h5-6,8-12,14H,7H2,1-4H3/b6-5+. The van der Waals surface area contributed by atoms with Gasteiger partial charge in [0, 0.05) is 0 Å². The summed E-state index contributed by atoms with van der Waals surface area (Å²) in [6, 6.07) is 0. The Bertz CT molecular complexity index is 298. The number of rotatable bonds is 4. The van der Waals surface area contributed by atoms with Crippen LogP contribution in [0.3, 0.4) is 0 Å². The molecule has 2 rings (SSSR count). The van der Waals surface area contributed by atoms with Crippen LogP contribution < -0.4 is 0 Å².